The van der Waals surface area contributed by atoms with Gasteiger partial charge in [0.1, 0.15) is 0 Å². The van der Waals surface area contributed by atoms with Crippen molar-refractivity contribution in [3.05, 3.63) is 26.6 Å². The number of carbonyl (C=O) groups is 2. The van der Waals surface area contributed by atoms with Crippen LogP contribution in [0.15, 0.2) is 0 Å². The molecule has 2 aromatic heterocycles. The van der Waals surface area contributed by atoms with Gasteiger partial charge in [0.2, 0.25) is 16.6 Å². The van der Waals surface area contributed by atoms with Gasteiger partial charge < -0.3 is 5.32 Å². The van der Waals surface area contributed by atoms with Gasteiger partial charge in [0.15, 0.2) is 5.82 Å². The lowest BCUT2D eigenvalue weighted by molar-refractivity contribution is -0.115. The lowest BCUT2D eigenvalue weighted by atomic mass is 9.94. The van der Waals surface area contributed by atoms with Crippen LogP contribution in [0.2, 0.25) is 0 Å². The first kappa shape index (κ1) is 16.8. The maximum atomic E-state index is 11.5. The van der Waals surface area contributed by atoms with Gasteiger partial charge in [-0.1, -0.05) is 0 Å². The monoisotopic (exact) mass is 365 g/mol. The molecule has 3 rings (SSSR count). The quantitative estimate of drug-likeness (QED) is 0.726. The van der Waals surface area contributed by atoms with Gasteiger partial charge in [-0.05, 0) is 49.0 Å². The Morgan fingerprint density at radius 3 is 2.75 bits per heavy atom. The Kier molecular flexibility index (Phi) is 4.81. The molecule has 9 heteroatoms. The molecule has 0 saturated carbocycles. The van der Waals surface area contributed by atoms with Crippen LogP contribution in [0.4, 0.5) is 5.00 Å². The Labute approximate surface area is 148 Å². The number of H-pyrrole nitrogens is 1. The molecule has 0 bridgehead atoms. The molecule has 2 heterocycles. The summed E-state index contributed by atoms with van der Waals surface area (Å²) >= 11 is 6.82. The van der Waals surface area contributed by atoms with E-state index in [-0.39, 0.29) is 11.8 Å². The third-order valence-corrected chi connectivity index (χ3v) is 5.44. The summed E-state index contributed by atoms with van der Waals surface area (Å²) < 4.78 is 1.83. The molecule has 24 heavy (non-hydrogen) atoms. The number of aryl methyl sites for hydroxylation is 1. The fraction of sp³-hybridized carbons (Fsp3) is 0.467. The molecule has 0 atom stereocenters. The maximum absolute atomic E-state index is 11.5. The molecule has 0 fully saturated rings. The van der Waals surface area contributed by atoms with Gasteiger partial charge in [-0.3, -0.25) is 20.1 Å². The Bertz CT molecular complexity index is 849. The number of anilines is 1. The Morgan fingerprint density at radius 2 is 2.04 bits per heavy atom. The summed E-state index contributed by atoms with van der Waals surface area (Å²) in [4.78, 5) is 24.3. The minimum atomic E-state index is -0.219. The maximum Gasteiger partial charge on any atom is 0.235 e. The molecular formula is C15H19N5O2S2. The molecule has 0 unspecified atom stereocenters. The van der Waals surface area contributed by atoms with Crippen LogP contribution in [0.1, 0.15) is 48.5 Å². The fourth-order valence-electron chi connectivity index (χ4n) is 2.96. The smallest absolute Gasteiger partial charge is 0.235 e. The van der Waals surface area contributed by atoms with E-state index < -0.39 is 0 Å². The number of nitrogens with zero attached hydrogens (tertiary/aromatic N) is 2. The minimum absolute atomic E-state index is 0.0874. The number of thiophene rings is 1. The number of amides is 2. The van der Waals surface area contributed by atoms with Crippen LogP contribution < -0.4 is 10.7 Å². The summed E-state index contributed by atoms with van der Waals surface area (Å²) in [6.45, 7) is 2.93. The van der Waals surface area contributed by atoms with Crippen molar-refractivity contribution in [2.45, 2.75) is 46.0 Å². The zero-order valence-electron chi connectivity index (χ0n) is 13.6. The highest BCUT2D eigenvalue weighted by molar-refractivity contribution is 7.71. The number of carbonyl (C=O) groups excluding carboxylic acids is 2. The van der Waals surface area contributed by atoms with Gasteiger partial charge in [0.05, 0.1) is 5.00 Å². The van der Waals surface area contributed by atoms with Crippen molar-refractivity contribution in [2.75, 3.05) is 10.7 Å². The standard InChI is InChI=1S/C15H19N5O2S2/c1-8(21)16-14-11(10-5-3-4-6-12(10)24-14)7-13-17-18-15(23)20(13)19-9(2)22/h3-7H2,1-2H3,(H,16,21)(H,18,23)(H,19,22). The molecule has 2 amide bonds. The molecule has 128 valence electrons. The molecule has 0 radical (unpaired) electrons. The first-order chi connectivity index (χ1) is 11.5. The topological polar surface area (TPSA) is 91.8 Å². The van der Waals surface area contributed by atoms with E-state index in [0.29, 0.717) is 17.0 Å². The number of aromatic amines is 1. The number of fused-ring (bicyclic) bond motifs is 1. The zero-order valence-corrected chi connectivity index (χ0v) is 15.2. The molecular weight excluding hydrogens is 346 g/mol. The van der Waals surface area contributed by atoms with Crippen LogP contribution in [-0.2, 0) is 28.9 Å². The number of rotatable bonds is 4. The normalized spacial score (nSPS) is 13.4. The highest BCUT2D eigenvalue weighted by Crippen LogP contribution is 2.39. The zero-order chi connectivity index (χ0) is 17.3. The lowest BCUT2D eigenvalue weighted by Gasteiger charge is -2.13. The van der Waals surface area contributed by atoms with Gasteiger partial charge in [-0.25, -0.2) is 4.68 Å². The largest absolute Gasteiger partial charge is 0.318 e. The summed E-state index contributed by atoms with van der Waals surface area (Å²) in [6.07, 6.45) is 4.87. The second-order valence-electron chi connectivity index (χ2n) is 5.82. The van der Waals surface area contributed by atoms with E-state index in [0.717, 1.165) is 29.8 Å². The number of hydrogen-bond acceptors (Lipinski definition) is 5. The molecule has 7 nitrogen and oxygen atoms in total. The molecule has 0 saturated heterocycles. The summed E-state index contributed by atoms with van der Waals surface area (Å²) in [5, 5.41) is 10.8. The lowest BCUT2D eigenvalue weighted by Crippen LogP contribution is -2.22. The molecule has 1 aliphatic rings. The first-order valence-electron chi connectivity index (χ1n) is 7.80. The van der Waals surface area contributed by atoms with Crippen molar-refractivity contribution in [1.29, 1.82) is 0 Å². The predicted octanol–water partition coefficient (Wildman–Crippen LogP) is 2.52. The van der Waals surface area contributed by atoms with Crippen molar-refractivity contribution in [1.82, 2.24) is 14.9 Å². The number of aromatic nitrogens is 3. The van der Waals surface area contributed by atoms with Gasteiger partial charge in [0.25, 0.3) is 0 Å². The Morgan fingerprint density at radius 1 is 1.29 bits per heavy atom. The molecule has 1 aliphatic carbocycles. The van der Waals surface area contributed by atoms with E-state index in [1.165, 1.54) is 35.4 Å². The van der Waals surface area contributed by atoms with Crippen LogP contribution in [0.3, 0.4) is 0 Å². The van der Waals surface area contributed by atoms with Crippen LogP contribution >= 0.6 is 23.6 Å². The van der Waals surface area contributed by atoms with Crippen LogP contribution in [0, 0.1) is 4.77 Å². The SMILES string of the molecule is CC(=O)Nc1sc2c(c1Cc1n[nH]c(=S)n1NC(C)=O)CCCC2. The summed E-state index contributed by atoms with van der Waals surface area (Å²) in [6, 6.07) is 0. The molecule has 0 spiro atoms. The van der Waals surface area contributed by atoms with Gasteiger partial charge in [-0.2, -0.15) is 5.10 Å². The van der Waals surface area contributed by atoms with Crippen LogP contribution in [0.25, 0.3) is 0 Å². The van der Waals surface area contributed by atoms with E-state index >= 15 is 0 Å². The van der Waals surface area contributed by atoms with Gasteiger partial charge in [0, 0.05) is 25.1 Å². The van der Waals surface area contributed by atoms with Crippen molar-refractivity contribution in [2.24, 2.45) is 0 Å². The van der Waals surface area contributed by atoms with E-state index in [9.17, 15) is 9.59 Å². The van der Waals surface area contributed by atoms with Crippen LogP contribution in [0.5, 0.6) is 0 Å². The van der Waals surface area contributed by atoms with E-state index in [1.54, 1.807) is 11.3 Å². The molecule has 3 N–H and O–H groups in total. The predicted molar refractivity (Wildman–Crippen MR) is 95.5 cm³/mol. The van der Waals surface area contributed by atoms with Gasteiger partial charge in [-0.15, -0.1) is 11.3 Å². The summed E-state index contributed by atoms with van der Waals surface area (Å²) in [5.41, 5.74) is 5.05. The van der Waals surface area contributed by atoms with E-state index in [1.807, 2.05) is 0 Å². The second-order valence-corrected chi connectivity index (χ2v) is 7.32. The van der Waals surface area contributed by atoms with Gasteiger partial charge >= 0.3 is 0 Å². The second kappa shape index (κ2) is 6.86. The van der Waals surface area contributed by atoms with Crippen molar-refractivity contribution >= 4 is 40.4 Å². The third-order valence-electron chi connectivity index (χ3n) is 3.92. The number of hydrogen-bond donors (Lipinski definition) is 3. The molecule has 0 aromatic carbocycles. The van der Waals surface area contributed by atoms with E-state index in [4.69, 9.17) is 12.2 Å². The molecule has 0 aliphatic heterocycles. The van der Waals surface area contributed by atoms with E-state index in [2.05, 4.69) is 20.9 Å². The Balaban J connectivity index is 2.00. The third kappa shape index (κ3) is 3.41. The van der Waals surface area contributed by atoms with Crippen molar-refractivity contribution < 1.29 is 9.59 Å². The highest BCUT2D eigenvalue weighted by atomic mass is 32.1. The average Bonchev–Trinajstić information content (AvgIpc) is 3.02. The van der Waals surface area contributed by atoms with Crippen molar-refractivity contribution in [3.63, 3.8) is 0 Å². The van der Waals surface area contributed by atoms with Crippen LogP contribution in [-0.4, -0.2) is 26.7 Å². The first-order valence-corrected chi connectivity index (χ1v) is 9.03. The fourth-order valence-corrected chi connectivity index (χ4v) is 4.51. The average molecular weight is 365 g/mol. The summed E-state index contributed by atoms with van der Waals surface area (Å²) in [7, 11) is 0. The molecule has 2 aromatic rings. The highest BCUT2D eigenvalue weighted by Gasteiger charge is 2.23. The number of nitrogens with one attached hydrogen (secondary N) is 3. The Hall–Kier alpha value is -2.00. The minimum Gasteiger partial charge on any atom is -0.318 e. The van der Waals surface area contributed by atoms with Crippen molar-refractivity contribution in [3.8, 4) is 0 Å². The summed E-state index contributed by atoms with van der Waals surface area (Å²) in [5.74, 6) is 0.312.